The van der Waals surface area contributed by atoms with Crippen LogP contribution in [0.25, 0.3) is 0 Å². The van der Waals surface area contributed by atoms with Gasteiger partial charge < -0.3 is 9.47 Å². The lowest BCUT2D eigenvalue weighted by atomic mass is 10.2. The number of ether oxygens (including phenoxy) is 2. The number of fused-ring (bicyclic) bond motifs is 1. The molecule has 62 valence electrons. The van der Waals surface area contributed by atoms with Crippen LogP contribution in [0.2, 0.25) is 0 Å². The fraction of sp³-hybridized carbons (Fsp3) is 0.875. The molecule has 3 heteroatoms. The molecule has 11 heavy (non-hydrogen) atoms. The number of esters is 1. The third-order valence-electron chi connectivity index (χ3n) is 2.42. The first-order valence-corrected chi connectivity index (χ1v) is 4.13. The van der Waals surface area contributed by atoms with Crippen LogP contribution in [0.1, 0.15) is 13.3 Å². The normalized spacial score (nSPS) is 39.9. The van der Waals surface area contributed by atoms with Gasteiger partial charge in [-0.3, -0.25) is 4.79 Å². The molecule has 0 spiro atoms. The van der Waals surface area contributed by atoms with Crippen LogP contribution < -0.4 is 0 Å². The minimum atomic E-state index is -0.0674. The van der Waals surface area contributed by atoms with E-state index in [2.05, 4.69) is 0 Å². The van der Waals surface area contributed by atoms with Gasteiger partial charge in [-0.1, -0.05) is 0 Å². The second-order valence-electron chi connectivity index (χ2n) is 3.07. The van der Waals surface area contributed by atoms with Crippen LogP contribution in [0.3, 0.4) is 0 Å². The van der Waals surface area contributed by atoms with Crippen molar-refractivity contribution in [2.75, 3.05) is 13.2 Å². The van der Waals surface area contributed by atoms with Crippen LogP contribution in [-0.4, -0.2) is 25.3 Å². The van der Waals surface area contributed by atoms with Gasteiger partial charge >= 0.3 is 5.97 Å². The highest BCUT2D eigenvalue weighted by Gasteiger charge is 2.59. The van der Waals surface area contributed by atoms with Crippen molar-refractivity contribution in [1.29, 1.82) is 0 Å². The molecule has 2 aliphatic rings. The van der Waals surface area contributed by atoms with E-state index in [-0.39, 0.29) is 18.0 Å². The highest BCUT2D eigenvalue weighted by atomic mass is 16.5. The fourth-order valence-corrected chi connectivity index (χ4v) is 1.80. The number of carbonyl (C=O) groups excluding carboxylic acids is 1. The van der Waals surface area contributed by atoms with Gasteiger partial charge in [-0.25, -0.2) is 0 Å². The lowest BCUT2D eigenvalue weighted by Crippen LogP contribution is -2.12. The Morgan fingerprint density at radius 2 is 2.55 bits per heavy atom. The van der Waals surface area contributed by atoms with Crippen molar-refractivity contribution < 1.29 is 14.3 Å². The molecule has 0 aromatic carbocycles. The third-order valence-corrected chi connectivity index (χ3v) is 2.42. The van der Waals surface area contributed by atoms with E-state index in [0.29, 0.717) is 12.5 Å². The number of hydrogen-bond donors (Lipinski definition) is 0. The van der Waals surface area contributed by atoms with Gasteiger partial charge in [-0.05, 0) is 13.3 Å². The maximum atomic E-state index is 11.1. The van der Waals surface area contributed by atoms with E-state index < -0.39 is 0 Å². The van der Waals surface area contributed by atoms with Crippen molar-refractivity contribution in [3.8, 4) is 0 Å². The Bertz CT molecular complexity index is 168. The molecule has 0 bridgehead atoms. The predicted molar refractivity (Wildman–Crippen MR) is 38.0 cm³/mol. The first-order valence-electron chi connectivity index (χ1n) is 4.13. The summed E-state index contributed by atoms with van der Waals surface area (Å²) in [6.45, 7) is 3.14. The van der Waals surface area contributed by atoms with Crippen LogP contribution in [0.4, 0.5) is 0 Å². The van der Waals surface area contributed by atoms with Crippen molar-refractivity contribution in [2.24, 2.45) is 11.8 Å². The van der Waals surface area contributed by atoms with Crippen LogP contribution >= 0.6 is 0 Å². The summed E-state index contributed by atoms with van der Waals surface area (Å²) in [6, 6.07) is 0. The Morgan fingerprint density at radius 3 is 3.09 bits per heavy atom. The van der Waals surface area contributed by atoms with Crippen molar-refractivity contribution in [2.45, 2.75) is 19.4 Å². The van der Waals surface area contributed by atoms with Crippen LogP contribution in [0.5, 0.6) is 0 Å². The van der Waals surface area contributed by atoms with Crippen molar-refractivity contribution in [3.05, 3.63) is 0 Å². The summed E-state index contributed by atoms with van der Waals surface area (Å²) in [6.07, 6.45) is 1.24. The quantitative estimate of drug-likeness (QED) is 0.549. The van der Waals surface area contributed by atoms with Crippen molar-refractivity contribution in [1.82, 2.24) is 0 Å². The molecule has 1 aliphatic carbocycles. The maximum absolute atomic E-state index is 11.1. The number of carbonyl (C=O) groups is 1. The van der Waals surface area contributed by atoms with Gasteiger partial charge in [0.15, 0.2) is 0 Å². The lowest BCUT2D eigenvalue weighted by molar-refractivity contribution is -0.146. The Morgan fingerprint density at radius 1 is 1.73 bits per heavy atom. The maximum Gasteiger partial charge on any atom is 0.311 e. The van der Waals surface area contributed by atoms with E-state index in [0.717, 1.165) is 13.0 Å². The molecule has 1 saturated carbocycles. The first-order chi connectivity index (χ1) is 5.34. The molecule has 3 atom stereocenters. The summed E-state index contributed by atoms with van der Waals surface area (Å²) in [4.78, 5) is 11.1. The van der Waals surface area contributed by atoms with Gasteiger partial charge in [0.1, 0.15) is 0 Å². The number of rotatable bonds is 2. The summed E-state index contributed by atoms with van der Waals surface area (Å²) >= 11 is 0. The van der Waals surface area contributed by atoms with Gasteiger partial charge in [0.05, 0.1) is 18.6 Å². The van der Waals surface area contributed by atoms with Crippen LogP contribution in [0.15, 0.2) is 0 Å². The Balaban J connectivity index is 1.85. The average Bonchev–Trinajstić information content (AvgIpc) is 2.47. The van der Waals surface area contributed by atoms with Gasteiger partial charge in [-0.15, -0.1) is 0 Å². The fourth-order valence-electron chi connectivity index (χ4n) is 1.80. The van der Waals surface area contributed by atoms with Gasteiger partial charge in [0, 0.05) is 12.5 Å². The molecule has 0 amide bonds. The van der Waals surface area contributed by atoms with E-state index in [9.17, 15) is 4.79 Å². The minimum Gasteiger partial charge on any atom is -0.466 e. The molecule has 0 unspecified atom stereocenters. The SMILES string of the molecule is CCOC(=O)[C@H]1[C@H]2CCO[C@H]21. The van der Waals surface area contributed by atoms with Crippen LogP contribution in [0, 0.1) is 11.8 Å². The van der Waals surface area contributed by atoms with E-state index in [1.807, 2.05) is 6.92 Å². The topological polar surface area (TPSA) is 35.5 Å². The zero-order valence-electron chi connectivity index (χ0n) is 6.58. The predicted octanol–water partition coefficient (Wildman–Crippen LogP) is 0.584. The monoisotopic (exact) mass is 156 g/mol. The van der Waals surface area contributed by atoms with Gasteiger partial charge in [-0.2, -0.15) is 0 Å². The molecule has 0 aromatic rings. The Labute approximate surface area is 65.7 Å². The third kappa shape index (κ3) is 1.03. The summed E-state index contributed by atoms with van der Waals surface area (Å²) in [5, 5.41) is 0. The zero-order valence-corrected chi connectivity index (χ0v) is 6.58. The smallest absolute Gasteiger partial charge is 0.311 e. The minimum absolute atomic E-state index is 0.0674. The van der Waals surface area contributed by atoms with Gasteiger partial charge in [0.25, 0.3) is 0 Å². The Kier molecular flexibility index (Phi) is 1.60. The molecule has 3 nitrogen and oxygen atoms in total. The Hall–Kier alpha value is -0.570. The van der Waals surface area contributed by atoms with Crippen molar-refractivity contribution in [3.63, 3.8) is 0 Å². The van der Waals surface area contributed by atoms with Crippen LogP contribution in [-0.2, 0) is 14.3 Å². The van der Waals surface area contributed by atoms with Gasteiger partial charge in [0.2, 0.25) is 0 Å². The number of hydrogen-bond acceptors (Lipinski definition) is 3. The molecule has 1 heterocycles. The van der Waals surface area contributed by atoms with Crippen molar-refractivity contribution >= 4 is 5.97 Å². The molecule has 1 aliphatic heterocycles. The summed E-state index contributed by atoms with van der Waals surface area (Å²) in [5.41, 5.74) is 0. The van der Waals surface area contributed by atoms with E-state index in [1.54, 1.807) is 0 Å². The first kappa shape index (κ1) is 7.10. The molecule has 2 rings (SSSR count). The van der Waals surface area contributed by atoms with E-state index in [4.69, 9.17) is 9.47 Å². The van der Waals surface area contributed by atoms with E-state index in [1.165, 1.54) is 0 Å². The summed E-state index contributed by atoms with van der Waals surface area (Å²) < 4.78 is 10.2. The molecule has 1 saturated heterocycles. The molecule has 0 radical (unpaired) electrons. The van der Waals surface area contributed by atoms with E-state index >= 15 is 0 Å². The molecular weight excluding hydrogens is 144 g/mol. The highest BCUT2D eigenvalue weighted by molar-refractivity contribution is 5.77. The second-order valence-corrected chi connectivity index (χ2v) is 3.07. The molecule has 0 N–H and O–H groups in total. The highest BCUT2D eigenvalue weighted by Crippen LogP contribution is 2.49. The molecule has 0 aromatic heterocycles. The second kappa shape index (κ2) is 2.48. The molecule has 2 fully saturated rings. The average molecular weight is 156 g/mol. The summed E-state index contributed by atoms with van der Waals surface area (Å²) in [5.74, 6) is 0.486. The molecular formula is C8H12O3. The zero-order chi connectivity index (χ0) is 7.84. The summed E-state index contributed by atoms with van der Waals surface area (Å²) in [7, 11) is 0. The largest absolute Gasteiger partial charge is 0.466 e. The lowest BCUT2D eigenvalue weighted by Gasteiger charge is -2.02. The standard InChI is InChI=1S/C8H12O3/c1-2-10-8(9)6-5-3-4-11-7(5)6/h5-7H,2-4H2,1H3/t5-,6+,7-/m1/s1.